The first-order valence-electron chi connectivity index (χ1n) is 4.95. The van der Waals surface area contributed by atoms with E-state index < -0.39 is 48.5 Å². The molecular formula is C8H6KN5O8. The number of hydroxylamine groups is 2. The molecule has 1 N–H and O–H groups in total. The number of rotatable bonds is 4. The van der Waals surface area contributed by atoms with Crippen molar-refractivity contribution in [3.05, 3.63) is 70.5 Å². The van der Waals surface area contributed by atoms with Crippen LogP contribution in [0.5, 0.6) is 0 Å². The van der Waals surface area contributed by atoms with Crippen molar-refractivity contribution in [3.63, 3.8) is 0 Å². The molecule has 0 radical (unpaired) electrons. The normalized spacial score (nSPS) is 17.9. The van der Waals surface area contributed by atoms with Crippen molar-refractivity contribution in [3.8, 4) is 0 Å². The van der Waals surface area contributed by atoms with Crippen LogP contribution in [0.15, 0.2) is 39.9 Å². The fourth-order valence-corrected chi connectivity index (χ4v) is 1.53. The zero-order chi connectivity index (χ0) is 16.3. The predicted octanol–water partition coefficient (Wildman–Crippen LogP) is -2.93. The second-order valence-corrected chi connectivity index (χ2v) is 3.45. The van der Waals surface area contributed by atoms with Gasteiger partial charge in [0.2, 0.25) is 0 Å². The summed E-state index contributed by atoms with van der Waals surface area (Å²) in [6.07, 6.45) is 1.07. The Kier molecular flexibility index (Phi) is 7.60. The maximum atomic E-state index is 10.9. The molecule has 0 aliphatic heterocycles. The van der Waals surface area contributed by atoms with Crippen molar-refractivity contribution < 1.29 is 71.4 Å². The quantitative estimate of drug-likeness (QED) is 0.317. The molecule has 0 aromatic carbocycles. The molecule has 1 rings (SSSR count). The Morgan fingerprint density at radius 2 is 1.73 bits per heavy atom. The van der Waals surface area contributed by atoms with Crippen molar-refractivity contribution in [1.29, 1.82) is 0 Å². The Bertz CT molecular complexity index is 649. The Morgan fingerprint density at radius 1 is 1.18 bits per heavy atom. The van der Waals surface area contributed by atoms with Crippen LogP contribution in [-0.2, 0) is 0 Å². The summed E-state index contributed by atoms with van der Waals surface area (Å²) in [5.74, 6) is -1.53. The van der Waals surface area contributed by atoms with Gasteiger partial charge in [0.05, 0.1) is 15.9 Å². The molecular weight excluding hydrogens is 333 g/mol. The van der Waals surface area contributed by atoms with Crippen LogP contribution in [0.2, 0.25) is 0 Å². The Balaban J connectivity index is 0.00000441. The first kappa shape index (κ1) is 20.4. The van der Waals surface area contributed by atoms with E-state index in [9.17, 15) is 35.6 Å². The molecule has 0 bridgehead atoms. The van der Waals surface area contributed by atoms with Gasteiger partial charge in [-0.25, -0.2) is 5.21 Å². The van der Waals surface area contributed by atoms with Crippen LogP contribution < -0.4 is 51.4 Å². The molecule has 112 valence electrons. The summed E-state index contributed by atoms with van der Waals surface area (Å²) in [6.45, 7) is 0. The minimum absolute atomic E-state index is 0. The van der Waals surface area contributed by atoms with E-state index in [0.29, 0.717) is 12.2 Å². The van der Waals surface area contributed by atoms with Crippen LogP contribution in [0, 0.1) is 35.6 Å². The molecule has 0 heterocycles. The number of nitro groups is 3. The van der Waals surface area contributed by atoms with Gasteiger partial charge in [0, 0.05) is 13.1 Å². The van der Waals surface area contributed by atoms with Gasteiger partial charge in [-0.3, -0.25) is 25.2 Å². The molecule has 0 amide bonds. The zero-order valence-corrected chi connectivity index (χ0v) is 14.3. The van der Waals surface area contributed by atoms with Gasteiger partial charge in [-0.1, -0.05) is 0 Å². The molecule has 0 aromatic rings. The number of aliphatic imine (C=N–C) groups is 1. The molecule has 0 aromatic heterocycles. The molecule has 0 unspecified atom stereocenters. The Labute approximate surface area is 163 Å². The molecule has 13 nitrogen and oxygen atoms in total. The van der Waals surface area contributed by atoms with Crippen LogP contribution in [0.4, 0.5) is 0 Å². The maximum absolute atomic E-state index is 10.9. The third-order valence-corrected chi connectivity index (χ3v) is 2.30. The van der Waals surface area contributed by atoms with E-state index in [1.165, 1.54) is 0 Å². The van der Waals surface area contributed by atoms with E-state index in [4.69, 9.17) is 5.21 Å². The van der Waals surface area contributed by atoms with Crippen LogP contribution in [0.3, 0.4) is 0 Å². The number of hydrogen-bond donors (Lipinski definition) is 1. The third kappa shape index (κ3) is 4.23. The van der Waals surface area contributed by atoms with Gasteiger partial charge in [-0.2, -0.15) is 5.23 Å². The van der Waals surface area contributed by atoms with Crippen molar-refractivity contribution in [1.82, 2.24) is 5.23 Å². The van der Waals surface area contributed by atoms with Crippen LogP contribution in [-0.4, -0.2) is 38.0 Å². The third-order valence-electron chi connectivity index (χ3n) is 2.30. The predicted molar refractivity (Wildman–Crippen MR) is 64.5 cm³/mol. The van der Waals surface area contributed by atoms with Gasteiger partial charge >= 0.3 is 62.9 Å². The Morgan fingerprint density at radius 3 is 2.05 bits per heavy atom. The van der Waals surface area contributed by atoms with Gasteiger partial charge in [0.25, 0.3) is 5.70 Å². The smallest absolute Gasteiger partial charge is 0.622 e. The average molecular weight is 339 g/mol. The van der Waals surface area contributed by atoms with Crippen LogP contribution >= 0.6 is 0 Å². The summed E-state index contributed by atoms with van der Waals surface area (Å²) in [5, 5.41) is 50.7. The maximum Gasteiger partial charge on any atom is 1.00 e. The first-order chi connectivity index (χ1) is 9.70. The molecule has 1 aliphatic rings. The van der Waals surface area contributed by atoms with E-state index >= 15 is 0 Å². The largest absolute Gasteiger partial charge is 1.00 e. The SMILES string of the molecule is CN=C1C([N+](=O)[O-])=CC([N+](=O)[O-])=C/C1=C(\N([O-])O)[N+](=O)[O-].[K+]. The monoisotopic (exact) mass is 339 g/mol. The average Bonchev–Trinajstić information content (AvgIpc) is 2.36. The van der Waals surface area contributed by atoms with Crippen molar-refractivity contribution in [2.75, 3.05) is 7.05 Å². The van der Waals surface area contributed by atoms with E-state index in [1.807, 2.05) is 0 Å². The summed E-state index contributed by atoms with van der Waals surface area (Å²) < 4.78 is 0. The second-order valence-electron chi connectivity index (χ2n) is 3.45. The summed E-state index contributed by atoms with van der Waals surface area (Å²) in [4.78, 5) is 32.3. The summed E-state index contributed by atoms with van der Waals surface area (Å²) in [6, 6.07) is 0. The topological polar surface area (TPSA) is 188 Å². The second kappa shape index (κ2) is 8.18. The molecule has 14 heteroatoms. The van der Waals surface area contributed by atoms with E-state index in [1.54, 1.807) is 0 Å². The van der Waals surface area contributed by atoms with E-state index in [2.05, 4.69) is 4.99 Å². The van der Waals surface area contributed by atoms with Crippen molar-refractivity contribution in [2.45, 2.75) is 0 Å². The number of hydrogen-bond acceptors (Lipinski definition) is 10. The molecule has 0 fully saturated rings. The Hall–Kier alpha value is -1.55. The van der Waals surface area contributed by atoms with Gasteiger partial charge < -0.3 is 15.3 Å². The van der Waals surface area contributed by atoms with Crippen molar-refractivity contribution in [2.24, 2.45) is 4.99 Å². The molecule has 0 atom stereocenters. The van der Waals surface area contributed by atoms with Crippen molar-refractivity contribution >= 4 is 5.71 Å². The summed E-state index contributed by atoms with van der Waals surface area (Å²) in [7, 11) is 1.03. The zero-order valence-electron chi connectivity index (χ0n) is 11.2. The number of nitrogens with zero attached hydrogens (tertiary/aromatic N) is 5. The summed E-state index contributed by atoms with van der Waals surface area (Å²) in [5.41, 5.74) is -3.28. The standard InChI is InChI=1S/C8H6N5O8.K/c1-9-7-5(8(12(18)19)13(20)21)2-4(10(14)15)3-6(7)11(16)17;/h2-3,18H,1H3;/q-1;+1/b8-5-,9-7?;. The van der Waals surface area contributed by atoms with E-state index in [0.717, 1.165) is 7.05 Å². The van der Waals surface area contributed by atoms with Crippen LogP contribution in [0.25, 0.3) is 0 Å². The van der Waals surface area contributed by atoms with Gasteiger partial charge in [-0.05, 0) is 4.92 Å². The molecule has 0 spiro atoms. The molecule has 22 heavy (non-hydrogen) atoms. The van der Waals surface area contributed by atoms with E-state index in [-0.39, 0.29) is 51.4 Å². The van der Waals surface area contributed by atoms with Gasteiger partial charge in [0.15, 0.2) is 5.71 Å². The first-order valence-corrected chi connectivity index (χ1v) is 4.95. The molecule has 0 saturated heterocycles. The fraction of sp³-hybridized carbons (Fsp3) is 0.125. The number of allylic oxidation sites excluding steroid dienone is 3. The molecule has 1 aliphatic carbocycles. The minimum Gasteiger partial charge on any atom is -0.622 e. The van der Waals surface area contributed by atoms with Crippen LogP contribution in [0.1, 0.15) is 0 Å². The minimum atomic E-state index is -1.53. The molecule has 0 saturated carbocycles. The van der Waals surface area contributed by atoms with Gasteiger partial charge in [0.1, 0.15) is 5.57 Å². The summed E-state index contributed by atoms with van der Waals surface area (Å²) >= 11 is 0. The van der Waals surface area contributed by atoms with Gasteiger partial charge in [-0.15, -0.1) is 0 Å². The fourth-order valence-electron chi connectivity index (χ4n) is 1.53.